The van der Waals surface area contributed by atoms with Crippen LogP contribution in [0.2, 0.25) is 5.02 Å². The summed E-state index contributed by atoms with van der Waals surface area (Å²) in [5, 5.41) is 0.511. The molecule has 1 atom stereocenters. The fourth-order valence-corrected chi connectivity index (χ4v) is 2.89. The largest absolute Gasteiger partial charge is 0.491 e. The third-order valence-electron chi connectivity index (χ3n) is 4.12. The summed E-state index contributed by atoms with van der Waals surface area (Å²) in [7, 11) is 0. The minimum atomic E-state index is -0.979. The number of hydrogen-bond acceptors (Lipinski definition) is 5. The van der Waals surface area contributed by atoms with Crippen molar-refractivity contribution in [1.29, 1.82) is 0 Å². The standard InChI is InChI=1S/C20H18ClNO5/c1-13(20(25)14-6-8-15(21)9-7-14)27-19(24)12-22-16-4-2-3-5-17(16)26-11-10-18(22)23/h2-9,13H,10-12H2,1H3/t13-/m0/s1. The van der Waals surface area contributed by atoms with Gasteiger partial charge < -0.3 is 9.47 Å². The first kappa shape index (κ1) is 18.9. The Kier molecular flexibility index (Phi) is 5.76. The van der Waals surface area contributed by atoms with Crippen molar-refractivity contribution in [2.45, 2.75) is 19.4 Å². The van der Waals surface area contributed by atoms with Crippen molar-refractivity contribution < 1.29 is 23.9 Å². The number of esters is 1. The number of ketones is 1. The molecule has 0 N–H and O–H groups in total. The number of Topliss-reactive ketones (excluding diaryl/α,β-unsaturated/α-hetero) is 1. The average molecular weight is 388 g/mol. The molecule has 0 aliphatic carbocycles. The molecule has 0 radical (unpaired) electrons. The molecule has 0 saturated heterocycles. The van der Waals surface area contributed by atoms with Crippen molar-refractivity contribution in [3.63, 3.8) is 0 Å². The van der Waals surface area contributed by atoms with Crippen LogP contribution in [0.25, 0.3) is 0 Å². The number of fused-ring (bicyclic) bond motifs is 1. The molecule has 6 nitrogen and oxygen atoms in total. The minimum Gasteiger partial charge on any atom is -0.491 e. The van der Waals surface area contributed by atoms with Gasteiger partial charge in [-0.2, -0.15) is 0 Å². The second-order valence-corrected chi connectivity index (χ2v) is 6.49. The molecule has 1 aliphatic heterocycles. The molecular weight excluding hydrogens is 370 g/mol. The lowest BCUT2D eigenvalue weighted by molar-refractivity contribution is -0.145. The summed E-state index contributed by atoms with van der Waals surface area (Å²) in [6.45, 7) is 1.44. The van der Waals surface area contributed by atoms with E-state index < -0.39 is 12.1 Å². The Bertz CT molecular complexity index is 865. The van der Waals surface area contributed by atoms with E-state index in [-0.39, 0.29) is 31.3 Å². The number of rotatable bonds is 5. The number of amides is 1. The van der Waals surface area contributed by atoms with Crippen LogP contribution in [0.1, 0.15) is 23.7 Å². The molecule has 0 saturated carbocycles. The summed E-state index contributed by atoms with van der Waals surface area (Å²) in [6.07, 6.45) is -0.825. The Labute approximate surface area is 161 Å². The second-order valence-electron chi connectivity index (χ2n) is 6.05. The van der Waals surface area contributed by atoms with E-state index in [9.17, 15) is 14.4 Å². The van der Waals surface area contributed by atoms with Crippen molar-refractivity contribution in [1.82, 2.24) is 0 Å². The minimum absolute atomic E-state index is 0.154. The number of carbonyl (C=O) groups is 3. The molecule has 2 aromatic carbocycles. The molecule has 3 rings (SSSR count). The van der Waals surface area contributed by atoms with Crippen LogP contribution in [-0.2, 0) is 14.3 Å². The molecule has 1 amide bonds. The normalized spacial score (nSPS) is 14.6. The molecule has 7 heteroatoms. The highest BCUT2D eigenvalue weighted by Gasteiger charge is 2.27. The van der Waals surface area contributed by atoms with E-state index in [1.54, 1.807) is 48.5 Å². The monoisotopic (exact) mass is 387 g/mol. The van der Waals surface area contributed by atoms with Gasteiger partial charge in [0.1, 0.15) is 12.3 Å². The van der Waals surface area contributed by atoms with Gasteiger partial charge in [-0.15, -0.1) is 0 Å². The first-order valence-electron chi connectivity index (χ1n) is 8.47. The highest BCUT2D eigenvalue weighted by atomic mass is 35.5. The van der Waals surface area contributed by atoms with E-state index in [1.807, 2.05) is 0 Å². The van der Waals surface area contributed by atoms with Crippen LogP contribution in [0.3, 0.4) is 0 Å². The molecule has 1 aliphatic rings. The Morgan fingerprint density at radius 2 is 1.89 bits per heavy atom. The molecular formula is C20H18ClNO5. The molecule has 0 unspecified atom stereocenters. The number of anilines is 1. The van der Waals surface area contributed by atoms with E-state index in [0.717, 1.165) is 0 Å². The summed E-state index contributed by atoms with van der Waals surface area (Å²) in [4.78, 5) is 38.4. The highest BCUT2D eigenvalue weighted by molar-refractivity contribution is 6.30. The van der Waals surface area contributed by atoms with E-state index in [4.69, 9.17) is 21.1 Å². The van der Waals surface area contributed by atoms with E-state index in [2.05, 4.69) is 0 Å². The summed E-state index contributed by atoms with van der Waals surface area (Å²) in [5.41, 5.74) is 0.901. The maximum Gasteiger partial charge on any atom is 0.326 e. The SMILES string of the molecule is C[C@H](OC(=O)CN1C(=O)CCOc2ccccc21)C(=O)c1ccc(Cl)cc1. The molecule has 0 bridgehead atoms. The number of hydrogen-bond donors (Lipinski definition) is 0. The second kappa shape index (κ2) is 8.22. The zero-order chi connectivity index (χ0) is 19.4. The van der Waals surface area contributed by atoms with Gasteiger partial charge in [0.2, 0.25) is 11.7 Å². The first-order valence-corrected chi connectivity index (χ1v) is 8.85. The van der Waals surface area contributed by atoms with Crippen LogP contribution in [-0.4, -0.2) is 36.9 Å². The third kappa shape index (κ3) is 4.46. The fraction of sp³-hybridized carbons (Fsp3) is 0.250. The molecule has 2 aromatic rings. The predicted octanol–water partition coefficient (Wildman–Crippen LogP) is 3.27. The Morgan fingerprint density at radius 1 is 1.19 bits per heavy atom. The molecule has 1 heterocycles. The lowest BCUT2D eigenvalue weighted by Gasteiger charge is -2.22. The van der Waals surface area contributed by atoms with Gasteiger partial charge in [-0.1, -0.05) is 23.7 Å². The zero-order valence-electron chi connectivity index (χ0n) is 14.7. The van der Waals surface area contributed by atoms with Crippen molar-refractivity contribution in [2.75, 3.05) is 18.1 Å². The third-order valence-corrected chi connectivity index (χ3v) is 4.38. The van der Waals surface area contributed by atoms with Crippen LogP contribution in [0.15, 0.2) is 48.5 Å². The van der Waals surface area contributed by atoms with E-state index >= 15 is 0 Å². The number of halogens is 1. The first-order chi connectivity index (χ1) is 13.0. The summed E-state index contributed by atoms with van der Waals surface area (Å²) >= 11 is 5.81. The van der Waals surface area contributed by atoms with Gasteiger partial charge >= 0.3 is 5.97 Å². The molecule has 0 fully saturated rings. The average Bonchev–Trinajstić information content (AvgIpc) is 2.81. The maximum atomic E-state index is 12.4. The molecule has 0 aromatic heterocycles. The topological polar surface area (TPSA) is 72.9 Å². The predicted molar refractivity (Wildman–Crippen MR) is 100 cm³/mol. The summed E-state index contributed by atoms with van der Waals surface area (Å²) in [6, 6.07) is 13.3. The Balaban J connectivity index is 1.68. The van der Waals surface area contributed by atoms with Gasteiger partial charge in [0.25, 0.3) is 0 Å². The van der Waals surface area contributed by atoms with Crippen LogP contribution >= 0.6 is 11.6 Å². The lowest BCUT2D eigenvalue weighted by Crippen LogP contribution is -2.38. The van der Waals surface area contributed by atoms with Crippen LogP contribution in [0, 0.1) is 0 Å². The van der Waals surface area contributed by atoms with Crippen LogP contribution < -0.4 is 9.64 Å². The van der Waals surface area contributed by atoms with Gasteiger partial charge in [-0.3, -0.25) is 19.3 Å². The van der Waals surface area contributed by atoms with Crippen molar-refractivity contribution in [3.05, 3.63) is 59.1 Å². The summed E-state index contributed by atoms with van der Waals surface area (Å²) < 4.78 is 10.8. The van der Waals surface area contributed by atoms with Gasteiger partial charge in [0.05, 0.1) is 18.7 Å². The lowest BCUT2D eigenvalue weighted by atomic mass is 10.1. The zero-order valence-corrected chi connectivity index (χ0v) is 15.4. The number of ether oxygens (including phenoxy) is 2. The molecule has 140 valence electrons. The number of benzene rings is 2. The fourth-order valence-electron chi connectivity index (χ4n) is 2.76. The Morgan fingerprint density at radius 3 is 2.63 bits per heavy atom. The van der Waals surface area contributed by atoms with E-state index in [1.165, 1.54) is 11.8 Å². The smallest absolute Gasteiger partial charge is 0.326 e. The Hall–Kier alpha value is -2.86. The summed E-state index contributed by atoms with van der Waals surface area (Å²) in [5.74, 6) is -0.726. The van der Waals surface area contributed by atoms with Crippen molar-refractivity contribution >= 4 is 34.9 Å². The number of para-hydroxylation sites is 2. The van der Waals surface area contributed by atoms with Crippen molar-refractivity contribution in [2.24, 2.45) is 0 Å². The number of carbonyl (C=O) groups excluding carboxylic acids is 3. The van der Waals surface area contributed by atoms with Gasteiger partial charge in [0.15, 0.2) is 6.10 Å². The van der Waals surface area contributed by atoms with Crippen molar-refractivity contribution in [3.8, 4) is 5.75 Å². The maximum absolute atomic E-state index is 12.4. The van der Waals surface area contributed by atoms with Gasteiger partial charge in [0, 0.05) is 10.6 Å². The van der Waals surface area contributed by atoms with Gasteiger partial charge in [-0.25, -0.2) is 0 Å². The highest BCUT2D eigenvalue weighted by Crippen LogP contribution is 2.30. The van der Waals surface area contributed by atoms with Crippen LogP contribution in [0.5, 0.6) is 5.75 Å². The van der Waals surface area contributed by atoms with Gasteiger partial charge in [-0.05, 0) is 43.3 Å². The van der Waals surface area contributed by atoms with E-state index in [0.29, 0.717) is 22.0 Å². The molecule has 27 heavy (non-hydrogen) atoms. The quantitative estimate of drug-likeness (QED) is 0.581. The molecule has 0 spiro atoms. The van der Waals surface area contributed by atoms with Crippen LogP contribution in [0.4, 0.5) is 5.69 Å². The number of nitrogens with zero attached hydrogens (tertiary/aromatic N) is 1.